The molecule has 0 amide bonds. The summed E-state index contributed by atoms with van der Waals surface area (Å²) in [6.07, 6.45) is 5.37. The first-order chi connectivity index (χ1) is 12.1. The summed E-state index contributed by atoms with van der Waals surface area (Å²) < 4.78 is 2.00. The Morgan fingerprint density at radius 2 is 2.00 bits per heavy atom. The fourth-order valence-electron chi connectivity index (χ4n) is 3.96. The molecule has 25 heavy (non-hydrogen) atoms. The molecule has 0 aliphatic carbocycles. The third-order valence-electron chi connectivity index (χ3n) is 5.46. The Bertz CT molecular complexity index is 671. The molecule has 1 aliphatic heterocycles. The molecule has 3 heterocycles. The van der Waals surface area contributed by atoms with Crippen LogP contribution in [0.15, 0.2) is 24.4 Å². The van der Waals surface area contributed by atoms with Crippen LogP contribution in [0.3, 0.4) is 0 Å². The van der Waals surface area contributed by atoms with E-state index in [-0.39, 0.29) is 0 Å². The van der Waals surface area contributed by atoms with Gasteiger partial charge < -0.3 is 5.32 Å². The van der Waals surface area contributed by atoms with Crippen molar-refractivity contribution in [2.75, 3.05) is 13.1 Å². The summed E-state index contributed by atoms with van der Waals surface area (Å²) in [4.78, 5) is 6.96. The third-order valence-corrected chi connectivity index (χ3v) is 5.46. The fraction of sp³-hybridized carbons (Fsp3) is 0.600. The number of nitrogens with zero attached hydrogens (tertiary/aromatic N) is 4. The Morgan fingerprint density at radius 1 is 1.24 bits per heavy atom. The minimum Gasteiger partial charge on any atom is -0.307 e. The minimum absolute atomic E-state index is 0.404. The second kappa shape index (κ2) is 8.11. The summed E-state index contributed by atoms with van der Waals surface area (Å²) in [7, 11) is 2.04. The van der Waals surface area contributed by atoms with Gasteiger partial charge in [0.25, 0.3) is 0 Å². The lowest BCUT2D eigenvalue weighted by atomic mass is 9.98. The Labute approximate surface area is 151 Å². The van der Waals surface area contributed by atoms with Crippen LogP contribution in [-0.2, 0) is 13.6 Å². The van der Waals surface area contributed by atoms with Crippen molar-refractivity contribution in [1.29, 1.82) is 0 Å². The van der Waals surface area contributed by atoms with Gasteiger partial charge >= 0.3 is 0 Å². The lowest BCUT2D eigenvalue weighted by Gasteiger charge is -2.34. The zero-order valence-electron chi connectivity index (χ0n) is 16.0. The summed E-state index contributed by atoms with van der Waals surface area (Å²) in [5.74, 6) is 0. The number of aromatic nitrogens is 3. The molecule has 136 valence electrons. The Kier molecular flexibility index (Phi) is 5.86. The molecule has 1 atom stereocenters. The smallest absolute Gasteiger partial charge is 0.0644 e. The monoisotopic (exact) mass is 341 g/mol. The van der Waals surface area contributed by atoms with Crippen molar-refractivity contribution < 1.29 is 0 Å². The molecule has 0 bridgehead atoms. The van der Waals surface area contributed by atoms with E-state index in [0.717, 1.165) is 31.7 Å². The largest absolute Gasteiger partial charge is 0.307 e. The van der Waals surface area contributed by atoms with Gasteiger partial charge in [-0.05, 0) is 45.2 Å². The van der Waals surface area contributed by atoms with E-state index in [9.17, 15) is 0 Å². The van der Waals surface area contributed by atoms with Gasteiger partial charge in [-0.1, -0.05) is 13.0 Å². The highest BCUT2D eigenvalue weighted by Crippen LogP contribution is 2.26. The first-order valence-electron chi connectivity index (χ1n) is 9.47. The number of rotatable bonds is 6. The van der Waals surface area contributed by atoms with Crippen LogP contribution in [0.5, 0.6) is 0 Å². The van der Waals surface area contributed by atoms with E-state index in [1.165, 1.54) is 29.8 Å². The lowest BCUT2D eigenvalue weighted by Crippen LogP contribution is -2.43. The number of piperidine rings is 1. The average molecular weight is 342 g/mol. The lowest BCUT2D eigenvalue weighted by molar-refractivity contribution is 0.181. The van der Waals surface area contributed by atoms with Crippen molar-refractivity contribution in [2.24, 2.45) is 7.05 Å². The molecule has 1 fully saturated rings. The molecule has 5 heteroatoms. The zero-order valence-corrected chi connectivity index (χ0v) is 16.0. The number of hydrogen-bond donors (Lipinski definition) is 1. The van der Waals surface area contributed by atoms with E-state index in [4.69, 9.17) is 0 Å². The van der Waals surface area contributed by atoms with E-state index in [2.05, 4.69) is 53.2 Å². The molecule has 0 saturated carbocycles. The predicted octanol–water partition coefficient (Wildman–Crippen LogP) is 3.14. The van der Waals surface area contributed by atoms with E-state index in [1.54, 1.807) is 0 Å². The number of likely N-dealkylation sites (tertiary alicyclic amines) is 1. The van der Waals surface area contributed by atoms with E-state index in [1.807, 2.05) is 24.0 Å². The first-order valence-corrected chi connectivity index (χ1v) is 9.47. The van der Waals surface area contributed by atoms with E-state index >= 15 is 0 Å². The molecule has 1 aliphatic rings. The molecule has 2 aromatic rings. The standard InChI is InChI=1S/C20H31N5/c1-5-19(20-15(2)23-24(4)16(20)3)22-17-9-12-25(13-10-17)14-18-8-6-7-11-21-18/h6-8,11,17,19,22H,5,9-10,12-14H2,1-4H3/t19-/m0/s1. The van der Waals surface area contributed by atoms with Crippen LogP contribution in [0.25, 0.3) is 0 Å². The topological polar surface area (TPSA) is 46.0 Å². The molecule has 0 aromatic carbocycles. The molecule has 5 nitrogen and oxygen atoms in total. The highest BCUT2D eigenvalue weighted by molar-refractivity contribution is 5.28. The van der Waals surface area contributed by atoms with Gasteiger partial charge in [-0.15, -0.1) is 0 Å². The van der Waals surface area contributed by atoms with Crippen molar-refractivity contribution >= 4 is 0 Å². The number of pyridine rings is 1. The van der Waals surface area contributed by atoms with Crippen molar-refractivity contribution in [1.82, 2.24) is 25.0 Å². The first kappa shape index (κ1) is 18.1. The van der Waals surface area contributed by atoms with Crippen molar-refractivity contribution in [3.63, 3.8) is 0 Å². The molecule has 0 unspecified atom stereocenters. The number of aryl methyl sites for hydroxylation is 2. The summed E-state index contributed by atoms with van der Waals surface area (Å²) in [5.41, 5.74) is 5.00. The molecule has 2 aromatic heterocycles. The van der Waals surface area contributed by atoms with Crippen LogP contribution in [0.1, 0.15) is 54.9 Å². The van der Waals surface area contributed by atoms with Gasteiger partial charge in [0.2, 0.25) is 0 Å². The van der Waals surface area contributed by atoms with Gasteiger partial charge in [0.1, 0.15) is 0 Å². The van der Waals surface area contributed by atoms with E-state index in [0.29, 0.717) is 12.1 Å². The summed E-state index contributed by atoms with van der Waals surface area (Å²) in [6.45, 7) is 9.80. The maximum absolute atomic E-state index is 4.59. The zero-order chi connectivity index (χ0) is 17.8. The van der Waals surface area contributed by atoms with Gasteiger partial charge in [0, 0.05) is 56.2 Å². The highest BCUT2D eigenvalue weighted by Gasteiger charge is 2.25. The molecular weight excluding hydrogens is 310 g/mol. The third kappa shape index (κ3) is 4.28. The van der Waals surface area contributed by atoms with Crippen LogP contribution >= 0.6 is 0 Å². The van der Waals surface area contributed by atoms with Crippen LogP contribution in [0.2, 0.25) is 0 Å². The SMILES string of the molecule is CC[C@H](NC1CCN(Cc2ccccn2)CC1)c1c(C)nn(C)c1C. The average Bonchev–Trinajstić information content (AvgIpc) is 2.88. The minimum atomic E-state index is 0.404. The number of nitrogens with one attached hydrogen (secondary N) is 1. The highest BCUT2D eigenvalue weighted by atomic mass is 15.3. The molecule has 0 radical (unpaired) electrons. The summed E-state index contributed by atoms with van der Waals surface area (Å²) >= 11 is 0. The number of hydrogen-bond acceptors (Lipinski definition) is 4. The van der Waals surface area contributed by atoms with Crippen LogP contribution in [-0.4, -0.2) is 38.8 Å². The van der Waals surface area contributed by atoms with Gasteiger partial charge in [0.15, 0.2) is 0 Å². The molecule has 1 N–H and O–H groups in total. The van der Waals surface area contributed by atoms with Crippen molar-refractivity contribution in [2.45, 2.75) is 58.7 Å². The maximum atomic E-state index is 4.59. The van der Waals surface area contributed by atoms with Crippen molar-refractivity contribution in [3.8, 4) is 0 Å². The quantitative estimate of drug-likeness (QED) is 0.877. The Balaban J connectivity index is 1.55. The van der Waals surface area contributed by atoms with Crippen LogP contribution in [0.4, 0.5) is 0 Å². The fourth-order valence-corrected chi connectivity index (χ4v) is 3.96. The second-order valence-corrected chi connectivity index (χ2v) is 7.21. The van der Waals surface area contributed by atoms with Gasteiger partial charge in [-0.3, -0.25) is 14.6 Å². The molecule has 0 spiro atoms. The summed E-state index contributed by atoms with van der Waals surface area (Å²) in [5, 5.41) is 8.50. The second-order valence-electron chi connectivity index (χ2n) is 7.21. The van der Waals surface area contributed by atoms with Gasteiger partial charge in [0.05, 0.1) is 11.4 Å². The van der Waals surface area contributed by atoms with E-state index < -0.39 is 0 Å². The Hall–Kier alpha value is -1.72. The van der Waals surface area contributed by atoms with Crippen LogP contribution < -0.4 is 5.32 Å². The Morgan fingerprint density at radius 3 is 2.56 bits per heavy atom. The maximum Gasteiger partial charge on any atom is 0.0644 e. The molecule has 3 rings (SSSR count). The normalized spacial score (nSPS) is 17.8. The van der Waals surface area contributed by atoms with Gasteiger partial charge in [-0.25, -0.2) is 0 Å². The summed E-state index contributed by atoms with van der Waals surface area (Å²) in [6, 6.07) is 7.16. The molecular formula is C20H31N5. The predicted molar refractivity (Wildman–Crippen MR) is 101 cm³/mol. The van der Waals surface area contributed by atoms with Gasteiger partial charge in [-0.2, -0.15) is 5.10 Å². The van der Waals surface area contributed by atoms with Crippen LogP contribution in [0, 0.1) is 13.8 Å². The molecule has 1 saturated heterocycles. The van der Waals surface area contributed by atoms with Crippen molar-refractivity contribution in [3.05, 3.63) is 47.0 Å².